The fourth-order valence-electron chi connectivity index (χ4n) is 3.56. The van der Waals surface area contributed by atoms with Gasteiger partial charge in [-0.05, 0) is 18.6 Å². The van der Waals surface area contributed by atoms with Gasteiger partial charge in [-0.25, -0.2) is 17.8 Å². The lowest BCUT2D eigenvalue weighted by Crippen LogP contribution is -2.17. The Morgan fingerprint density at radius 3 is 2.17 bits per heavy atom. The van der Waals surface area contributed by atoms with Gasteiger partial charge in [0.05, 0.1) is 41.1 Å². The van der Waals surface area contributed by atoms with Crippen LogP contribution in [0.25, 0.3) is 0 Å². The van der Waals surface area contributed by atoms with Gasteiger partial charge < -0.3 is 14.2 Å². The van der Waals surface area contributed by atoms with Gasteiger partial charge in [-0.15, -0.1) is 0 Å². The number of aromatic nitrogens is 4. The van der Waals surface area contributed by atoms with E-state index in [9.17, 15) is 21.6 Å². The number of benzene rings is 1. The van der Waals surface area contributed by atoms with Gasteiger partial charge in [-0.2, -0.15) is 23.4 Å². The van der Waals surface area contributed by atoms with Crippen molar-refractivity contribution >= 4 is 21.4 Å². The van der Waals surface area contributed by atoms with Crippen molar-refractivity contribution in [3.63, 3.8) is 0 Å². The molecule has 0 aliphatic rings. The second-order valence-electron chi connectivity index (χ2n) is 7.99. The van der Waals surface area contributed by atoms with Crippen LogP contribution in [0, 0.1) is 0 Å². The van der Waals surface area contributed by atoms with Crippen LogP contribution in [-0.2, 0) is 48.3 Å². The summed E-state index contributed by atoms with van der Waals surface area (Å²) in [6.45, 7) is 0.313. The smallest absolute Gasteiger partial charge is 0.411 e. The Morgan fingerprint density at radius 1 is 0.972 bits per heavy atom. The maximum absolute atomic E-state index is 12.6. The zero-order valence-corrected chi connectivity index (χ0v) is 21.7. The molecule has 0 aliphatic carbocycles. The van der Waals surface area contributed by atoms with Crippen molar-refractivity contribution in [2.75, 3.05) is 19.5 Å². The van der Waals surface area contributed by atoms with E-state index in [1.54, 1.807) is 31.2 Å². The monoisotopic (exact) mass is 550 g/mol. The molecule has 0 atom stereocenters. The number of sulfone groups is 1. The zero-order valence-electron chi connectivity index (χ0n) is 20.1. The highest BCUT2D eigenvalue weighted by molar-refractivity contribution is 7.90. The van der Waals surface area contributed by atoms with Crippen molar-refractivity contribution in [3.8, 4) is 11.8 Å². The van der Waals surface area contributed by atoms with Gasteiger partial charge in [0.15, 0.2) is 9.84 Å². The molecule has 0 N–H and O–H groups in total. The summed E-state index contributed by atoms with van der Waals surface area (Å²) in [6, 6.07) is 2.82. The van der Waals surface area contributed by atoms with Crippen molar-refractivity contribution in [1.29, 1.82) is 0 Å². The first kappa shape index (κ1) is 27.8. The molecule has 0 saturated heterocycles. The zero-order chi connectivity index (χ0) is 26.7. The summed E-state index contributed by atoms with van der Waals surface area (Å²) in [5, 5.41) is 8.40. The summed E-state index contributed by atoms with van der Waals surface area (Å²) < 4.78 is 81.5. The Morgan fingerprint density at radius 2 is 1.58 bits per heavy atom. The van der Waals surface area contributed by atoms with E-state index in [1.165, 1.54) is 16.8 Å². The summed E-state index contributed by atoms with van der Waals surface area (Å²) in [5.74, 6) is 1.00. The maximum Gasteiger partial charge on any atom is 0.411 e. The number of rotatable bonds is 11. The summed E-state index contributed by atoms with van der Waals surface area (Å²) >= 11 is 6.49. The molecule has 0 bridgehead atoms. The molecule has 3 aromatic rings. The Bertz CT molecular complexity index is 1320. The molecule has 198 valence electrons. The van der Waals surface area contributed by atoms with E-state index in [4.69, 9.17) is 25.8 Å². The second kappa shape index (κ2) is 11.1. The average Bonchev–Trinajstić information content (AvgIpc) is 3.29. The predicted molar refractivity (Wildman–Crippen MR) is 125 cm³/mol. The SMILES string of the molecule is CCOc1c(COc2c(Cc3ccc(S(C)(=O)=O)c(COCC(F)(F)F)c3Cl)cnn2C)cnn1C. The molecule has 2 aromatic heterocycles. The number of hydrogen-bond acceptors (Lipinski definition) is 7. The van der Waals surface area contributed by atoms with Gasteiger partial charge in [-0.3, -0.25) is 0 Å². The lowest BCUT2D eigenvalue weighted by atomic mass is 10.0. The van der Waals surface area contributed by atoms with Crippen molar-refractivity contribution in [2.45, 2.75) is 37.6 Å². The van der Waals surface area contributed by atoms with Crippen LogP contribution in [0.3, 0.4) is 0 Å². The van der Waals surface area contributed by atoms with Gasteiger partial charge in [0.25, 0.3) is 0 Å². The largest absolute Gasteiger partial charge is 0.478 e. The molecular formula is C22H26ClF3N4O5S. The van der Waals surface area contributed by atoms with Crippen molar-refractivity contribution in [3.05, 3.63) is 51.8 Å². The van der Waals surface area contributed by atoms with Gasteiger partial charge in [0.2, 0.25) is 11.8 Å². The van der Waals surface area contributed by atoms with Crippen LogP contribution < -0.4 is 9.47 Å². The Kier molecular flexibility index (Phi) is 8.57. The first-order valence-electron chi connectivity index (χ1n) is 10.7. The Balaban J connectivity index is 1.87. The lowest BCUT2D eigenvalue weighted by molar-refractivity contribution is -0.176. The Hall–Kier alpha value is -2.77. The fraction of sp³-hybridized carbons (Fsp3) is 0.455. The van der Waals surface area contributed by atoms with E-state index in [2.05, 4.69) is 10.2 Å². The van der Waals surface area contributed by atoms with E-state index in [0.717, 1.165) is 11.8 Å². The van der Waals surface area contributed by atoms with Crippen molar-refractivity contribution in [2.24, 2.45) is 14.1 Å². The van der Waals surface area contributed by atoms with Crippen LogP contribution in [0.4, 0.5) is 13.2 Å². The molecule has 0 saturated carbocycles. The minimum atomic E-state index is -4.56. The fourth-order valence-corrected chi connectivity index (χ4v) is 4.83. The second-order valence-corrected chi connectivity index (χ2v) is 10.4. The van der Waals surface area contributed by atoms with Gasteiger partial charge in [-0.1, -0.05) is 17.7 Å². The normalized spacial score (nSPS) is 12.2. The third-order valence-electron chi connectivity index (χ3n) is 5.13. The molecule has 0 amide bonds. The summed E-state index contributed by atoms with van der Waals surface area (Å²) in [5.41, 5.74) is 1.80. The van der Waals surface area contributed by atoms with Gasteiger partial charge >= 0.3 is 6.18 Å². The van der Waals surface area contributed by atoms with Crippen LogP contribution in [0.1, 0.15) is 29.2 Å². The summed E-state index contributed by atoms with van der Waals surface area (Å²) in [6.07, 6.45) is -0.220. The van der Waals surface area contributed by atoms with E-state index >= 15 is 0 Å². The van der Waals surface area contributed by atoms with E-state index in [1.807, 2.05) is 6.92 Å². The number of ether oxygens (including phenoxy) is 3. The average molecular weight is 551 g/mol. The number of halogens is 4. The topological polar surface area (TPSA) is 97.5 Å². The van der Waals surface area contributed by atoms with Gasteiger partial charge in [0, 0.05) is 37.9 Å². The molecule has 0 radical (unpaired) electrons. The minimum absolute atomic E-state index is 0.000735. The number of nitrogens with zero attached hydrogens (tertiary/aromatic N) is 4. The Labute approximate surface area is 211 Å². The quantitative estimate of drug-likeness (QED) is 0.357. The highest BCUT2D eigenvalue weighted by atomic mass is 35.5. The molecule has 0 aliphatic heterocycles. The molecule has 2 heterocycles. The standard InChI is InChI=1S/C22H26ClF3N4O5S/c1-5-34-21-16(10-28-30(21)3)11-35-20-15(9-27-29(20)2)8-14-6-7-18(36(4,31)32)17(19(14)23)12-33-13-22(24,25)26/h6-7,9-10H,5,8,11-13H2,1-4H3. The minimum Gasteiger partial charge on any atom is -0.478 e. The maximum atomic E-state index is 12.6. The van der Waals surface area contributed by atoms with Crippen LogP contribution in [-0.4, -0.2) is 53.6 Å². The highest BCUT2D eigenvalue weighted by Gasteiger charge is 2.28. The van der Waals surface area contributed by atoms with Crippen LogP contribution in [0.15, 0.2) is 29.4 Å². The van der Waals surface area contributed by atoms with Crippen molar-refractivity contribution in [1.82, 2.24) is 19.6 Å². The summed E-state index contributed by atoms with van der Waals surface area (Å²) in [4.78, 5) is -0.193. The molecule has 9 nitrogen and oxygen atoms in total. The van der Waals surface area contributed by atoms with E-state index in [-0.39, 0.29) is 28.5 Å². The number of alkyl halides is 3. The molecule has 1 aromatic carbocycles. The molecule has 14 heteroatoms. The molecule has 0 unspecified atom stereocenters. The summed E-state index contributed by atoms with van der Waals surface area (Å²) in [7, 11) is -0.325. The number of aryl methyl sites for hydroxylation is 2. The molecule has 0 spiro atoms. The molecule has 0 fully saturated rings. The van der Waals surface area contributed by atoms with E-state index < -0.39 is 29.2 Å². The lowest BCUT2D eigenvalue weighted by Gasteiger charge is -2.16. The molecule has 3 rings (SSSR count). The molecule has 36 heavy (non-hydrogen) atoms. The van der Waals surface area contributed by atoms with Crippen LogP contribution in [0.5, 0.6) is 11.8 Å². The highest BCUT2D eigenvalue weighted by Crippen LogP contribution is 2.33. The first-order chi connectivity index (χ1) is 16.8. The predicted octanol–water partition coefficient (Wildman–Crippen LogP) is 3.86. The van der Waals surface area contributed by atoms with Crippen LogP contribution in [0.2, 0.25) is 5.02 Å². The first-order valence-corrected chi connectivity index (χ1v) is 13.0. The number of hydrogen-bond donors (Lipinski definition) is 0. The van der Waals surface area contributed by atoms with E-state index in [0.29, 0.717) is 29.5 Å². The molecular weight excluding hydrogens is 525 g/mol. The van der Waals surface area contributed by atoms with Crippen molar-refractivity contribution < 1.29 is 35.8 Å². The van der Waals surface area contributed by atoms with Crippen LogP contribution >= 0.6 is 11.6 Å². The third kappa shape index (κ3) is 6.71. The van der Waals surface area contributed by atoms with Gasteiger partial charge in [0.1, 0.15) is 13.2 Å². The third-order valence-corrected chi connectivity index (χ3v) is 6.78.